The van der Waals surface area contributed by atoms with Crippen molar-refractivity contribution < 1.29 is 18.0 Å². The number of halogens is 3. The average molecular weight is 419 g/mol. The third-order valence-corrected chi connectivity index (χ3v) is 5.65. The molecule has 0 N–H and O–H groups in total. The number of carbonyl (C=O) groups excluding carboxylic acids is 1. The molecule has 2 aliphatic rings. The van der Waals surface area contributed by atoms with E-state index in [1.165, 1.54) is 23.3 Å². The Bertz CT molecular complexity index is 863. The summed E-state index contributed by atoms with van der Waals surface area (Å²) in [6.07, 6.45) is -4.19. The quantitative estimate of drug-likeness (QED) is 0.703. The largest absolute Gasteiger partial charge is 0.416 e. The summed E-state index contributed by atoms with van der Waals surface area (Å²) in [6.45, 7) is 10.5. The van der Waals surface area contributed by atoms with E-state index in [0.717, 1.165) is 44.9 Å². The first-order valence-corrected chi connectivity index (χ1v) is 10.4. The Morgan fingerprint density at radius 2 is 1.60 bits per heavy atom. The maximum absolute atomic E-state index is 12.6. The predicted molar refractivity (Wildman–Crippen MR) is 112 cm³/mol. The Hall–Kier alpha value is -2.34. The average Bonchev–Trinajstić information content (AvgIpc) is 2.64. The van der Waals surface area contributed by atoms with E-state index in [1.54, 1.807) is 0 Å². The Labute approximate surface area is 176 Å². The van der Waals surface area contributed by atoms with E-state index >= 15 is 0 Å². The van der Waals surface area contributed by atoms with Gasteiger partial charge in [0.05, 0.1) is 12.0 Å². The maximum Gasteiger partial charge on any atom is 0.416 e. The molecule has 2 saturated heterocycles. The zero-order valence-corrected chi connectivity index (χ0v) is 17.8. The van der Waals surface area contributed by atoms with Crippen molar-refractivity contribution in [3.05, 3.63) is 70.8 Å². The summed E-state index contributed by atoms with van der Waals surface area (Å²) in [5.41, 5.74) is 2.71. The molecule has 0 aromatic heterocycles. The highest BCUT2D eigenvalue weighted by Gasteiger charge is 2.52. The van der Waals surface area contributed by atoms with E-state index in [4.69, 9.17) is 0 Å². The Kier molecular flexibility index (Phi) is 6.56. The van der Waals surface area contributed by atoms with E-state index < -0.39 is 11.7 Å². The summed E-state index contributed by atoms with van der Waals surface area (Å²) in [7, 11) is 0. The monoisotopic (exact) mass is 418 g/mol. The summed E-state index contributed by atoms with van der Waals surface area (Å²) in [5, 5.41) is 0. The first-order valence-electron chi connectivity index (χ1n) is 10.4. The second kappa shape index (κ2) is 8.80. The first-order chi connectivity index (χ1) is 14.2. The Balaban J connectivity index is 0.00000124. The number of carbonyl (C=O) groups is 1. The van der Waals surface area contributed by atoms with Crippen molar-refractivity contribution in [1.29, 1.82) is 0 Å². The second-order valence-corrected chi connectivity index (χ2v) is 8.26. The van der Waals surface area contributed by atoms with E-state index in [9.17, 15) is 18.0 Å². The molecule has 3 nitrogen and oxygen atoms in total. The maximum atomic E-state index is 12.6. The number of alkyl halides is 3. The van der Waals surface area contributed by atoms with Gasteiger partial charge in [-0.2, -0.15) is 13.2 Å². The Morgan fingerprint density at radius 1 is 0.967 bits per heavy atom. The molecule has 0 aliphatic carbocycles. The summed E-state index contributed by atoms with van der Waals surface area (Å²) in [4.78, 5) is 16.6. The van der Waals surface area contributed by atoms with Crippen LogP contribution in [0.5, 0.6) is 0 Å². The molecule has 2 aliphatic heterocycles. The van der Waals surface area contributed by atoms with Crippen LogP contribution in [0.2, 0.25) is 0 Å². The van der Waals surface area contributed by atoms with Gasteiger partial charge in [-0.25, -0.2) is 0 Å². The van der Waals surface area contributed by atoms with Crippen LogP contribution in [0.1, 0.15) is 36.1 Å². The molecule has 2 aromatic rings. The number of rotatable bonds is 4. The first kappa shape index (κ1) is 22.3. The highest BCUT2D eigenvalue weighted by atomic mass is 19.4. The molecule has 6 heteroatoms. The molecule has 0 unspecified atom stereocenters. The zero-order chi connectivity index (χ0) is 21.9. The number of nitrogens with zero attached hydrogens (tertiary/aromatic N) is 2. The molecule has 2 heterocycles. The van der Waals surface area contributed by atoms with Gasteiger partial charge in [0.1, 0.15) is 0 Å². The lowest BCUT2D eigenvalue weighted by atomic mass is 9.72. The fourth-order valence-corrected chi connectivity index (χ4v) is 4.32. The summed E-state index contributed by atoms with van der Waals surface area (Å²) in [5.74, 6) is -0.0116. The summed E-state index contributed by atoms with van der Waals surface area (Å²) >= 11 is 0. The van der Waals surface area contributed by atoms with E-state index in [1.807, 2.05) is 18.7 Å². The fourth-order valence-electron chi connectivity index (χ4n) is 4.32. The normalized spacial score (nSPS) is 17.6. The molecule has 1 spiro atoms. The molecule has 4 rings (SSSR count). The smallest absolute Gasteiger partial charge is 0.341 e. The summed E-state index contributed by atoms with van der Waals surface area (Å²) < 4.78 is 37.8. The van der Waals surface area contributed by atoms with Gasteiger partial charge in [0.15, 0.2) is 0 Å². The highest BCUT2D eigenvalue weighted by molar-refractivity contribution is 5.79. The van der Waals surface area contributed by atoms with Crippen LogP contribution >= 0.6 is 0 Å². The van der Waals surface area contributed by atoms with Crippen molar-refractivity contribution in [2.45, 2.75) is 39.9 Å². The number of amides is 1. The lowest BCUT2D eigenvalue weighted by molar-refractivity contribution is -0.159. The molecular formula is C24H29F3N2O. The number of aryl methyl sites for hydroxylation is 1. The van der Waals surface area contributed by atoms with Crippen LogP contribution in [0.3, 0.4) is 0 Å². The number of likely N-dealkylation sites (tertiary alicyclic amines) is 2. The van der Waals surface area contributed by atoms with E-state index in [-0.39, 0.29) is 17.7 Å². The SMILES string of the molecule is CC.Cc1cccc(CN2CC3(C2)CN(C(=O)Cc2ccc(C(F)(F)F)cc2)C3)c1. The van der Waals surface area contributed by atoms with Gasteiger partial charge in [0.2, 0.25) is 5.91 Å². The van der Waals surface area contributed by atoms with Crippen LogP contribution in [0.4, 0.5) is 13.2 Å². The van der Waals surface area contributed by atoms with Gasteiger partial charge >= 0.3 is 6.18 Å². The number of hydrogen-bond acceptors (Lipinski definition) is 2. The molecule has 30 heavy (non-hydrogen) atoms. The van der Waals surface area contributed by atoms with Gasteiger partial charge in [-0.05, 0) is 30.2 Å². The number of hydrogen-bond donors (Lipinski definition) is 0. The van der Waals surface area contributed by atoms with Gasteiger partial charge < -0.3 is 4.90 Å². The molecule has 162 valence electrons. The van der Waals surface area contributed by atoms with Crippen LogP contribution in [0, 0.1) is 12.3 Å². The molecule has 2 fully saturated rings. The minimum absolute atomic E-state index is 0.0116. The van der Waals surface area contributed by atoms with Crippen LogP contribution < -0.4 is 0 Å². The van der Waals surface area contributed by atoms with Gasteiger partial charge in [0, 0.05) is 38.1 Å². The topological polar surface area (TPSA) is 23.6 Å². The standard InChI is InChI=1S/C22H23F3N2O.C2H6/c1-16-3-2-4-18(9-16)11-26-12-21(13-26)14-27(15-21)20(28)10-17-5-7-19(8-6-17)22(23,24)25;1-2/h2-9H,10-15H2,1H3;1-2H3. The van der Waals surface area contributed by atoms with Gasteiger partial charge in [-0.3, -0.25) is 9.69 Å². The molecule has 0 radical (unpaired) electrons. The van der Waals surface area contributed by atoms with Crippen LogP contribution in [0.15, 0.2) is 48.5 Å². The van der Waals surface area contributed by atoms with Crippen molar-refractivity contribution in [2.75, 3.05) is 26.2 Å². The second-order valence-electron chi connectivity index (χ2n) is 8.26. The van der Waals surface area contributed by atoms with Crippen LogP contribution in [0.25, 0.3) is 0 Å². The molecule has 0 atom stereocenters. The third-order valence-electron chi connectivity index (χ3n) is 5.65. The molecule has 2 aromatic carbocycles. The van der Waals surface area contributed by atoms with Crippen LogP contribution in [-0.4, -0.2) is 41.9 Å². The van der Waals surface area contributed by atoms with Crippen molar-refractivity contribution in [2.24, 2.45) is 5.41 Å². The molecule has 1 amide bonds. The minimum atomic E-state index is -4.35. The number of benzene rings is 2. The van der Waals surface area contributed by atoms with Crippen molar-refractivity contribution >= 4 is 5.91 Å². The van der Waals surface area contributed by atoms with E-state index in [0.29, 0.717) is 5.56 Å². The third kappa shape index (κ3) is 5.04. The fraction of sp³-hybridized carbons (Fsp3) is 0.458. The van der Waals surface area contributed by atoms with E-state index in [2.05, 4.69) is 36.1 Å². The van der Waals surface area contributed by atoms with Crippen molar-refractivity contribution in [3.8, 4) is 0 Å². The van der Waals surface area contributed by atoms with Gasteiger partial charge in [-0.1, -0.05) is 55.8 Å². The zero-order valence-electron chi connectivity index (χ0n) is 17.8. The predicted octanol–water partition coefficient (Wildman–Crippen LogP) is 4.93. The van der Waals surface area contributed by atoms with Crippen LogP contribution in [-0.2, 0) is 23.9 Å². The molecule has 0 bridgehead atoms. The minimum Gasteiger partial charge on any atom is -0.341 e. The van der Waals surface area contributed by atoms with Crippen molar-refractivity contribution in [1.82, 2.24) is 9.80 Å². The van der Waals surface area contributed by atoms with Gasteiger partial charge in [0.25, 0.3) is 0 Å². The summed E-state index contributed by atoms with van der Waals surface area (Å²) in [6, 6.07) is 13.4. The molecular weight excluding hydrogens is 389 g/mol. The van der Waals surface area contributed by atoms with Crippen molar-refractivity contribution in [3.63, 3.8) is 0 Å². The highest BCUT2D eigenvalue weighted by Crippen LogP contribution is 2.40. The lowest BCUT2D eigenvalue weighted by Gasteiger charge is -2.60. The molecule has 0 saturated carbocycles. The lowest BCUT2D eigenvalue weighted by Crippen LogP contribution is -2.72. The Morgan fingerprint density at radius 3 is 2.17 bits per heavy atom. The van der Waals surface area contributed by atoms with Gasteiger partial charge in [-0.15, -0.1) is 0 Å².